The van der Waals surface area contributed by atoms with Crippen molar-refractivity contribution in [3.8, 4) is 0 Å². The number of esters is 1. The van der Waals surface area contributed by atoms with Crippen molar-refractivity contribution in [1.82, 2.24) is 5.01 Å². The molecule has 0 unspecified atom stereocenters. The minimum absolute atomic E-state index is 0.0853. The number of allylic oxidation sites excluding steroid dienone is 1. The van der Waals surface area contributed by atoms with Crippen molar-refractivity contribution < 1.29 is 23.1 Å². The van der Waals surface area contributed by atoms with Gasteiger partial charge in [0.25, 0.3) is 5.91 Å². The van der Waals surface area contributed by atoms with Crippen molar-refractivity contribution in [2.45, 2.75) is 25.3 Å². The molecule has 0 saturated heterocycles. The molecular formula is C27H22F2N2O3S. The van der Waals surface area contributed by atoms with Crippen molar-refractivity contribution in [2.24, 2.45) is 11.0 Å². The van der Waals surface area contributed by atoms with E-state index < -0.39 is 24.5 Å². The van der Waals surface area contributed by atoms with Crippen LogP contribution in [0.15, 0.2) is 76.7 Å². The fraction of sp³-hybridized carbons (Fsp3) is 0.222. The van der Waals surface area contributed by atoms with Crippen molar-refractivity contribution in [1.29, 1.82) is 0 Å². The zero-order valence-electron chi connectivity index (χ0n) is 18.7. The number of hydrogen-bond donors (Lipinski definition) is 0. The molecule has 2 heterocycles. The largest absolute Gasteiger partial charge is 0.451 e. The summed E-state index contributed by atoms with van der Waals surface area (Å²) in [5.74, 6) is -1.77. The second-order valence-corrected chi connectivity index (χ2v) is 9.44. The van der Waals surface area contributed by atoms with Gasteiger partial charge in [0, 0.05) is 5.92 Å². The highest BCUT2D eigenvalue weighted by molar-refractivity contribution is 7.11. The van der Waals surface area contributed by atoms with E-state index in [0.717, 1.165) is 41.7 Å². The number of benzene rings is 2. The predicted molar refractivity (Wildman–Crippen MR) is 130 cm³/mol. The van der Waals surface area contributed by atoms with Crippen LogP contribution in [0.1, 0.15) is 46.1 Å². The molecule has 1 aliphatic carbocycles. The first-order valence-corrected chi connectivity index (χ1v) is 12.2. The Morgan fingerprint density at radius 2 is 1.77 bits per heavy atom. The van der Waals surface area contributed by atoms with Gasteiger partial charge in [0.1, 0.15) is 16.5 Å². The summed E-state index contributed by atoms with van der Waals surface area (Å²) < 4.78 is 32.2. The molecule has 8 heteroatoms. The summed E-state index contributed by atoms with van der Waals surface area (Å²) in [5, 5.41) is 7.83. The van der Waals surface area contributed by atoms with Gasteiger partial charge in [-0.3, -0.25) is 4.79 Å². The van der Waals surface area contributed by atoms with E-state index in [9.17, 15) is 18.4 Å². The second-order valence-electron chi connectivity index (χ2n) is 8.49. The van der Waals surface area contributed by atoms with Gasteiger partial charge in [-0.1, -0.05) is 30.3 Å². The maximum Gasteiger partial charge on any atom is 0.348 e. The highest BCUT2D eigenvalue weighted by atomic mass is 32.1. The summed E-state index contributed by atoms with van der Waals surface area (Å²) in [6, 6.07) is 15.2. The molecule has 2 atom stereocenters. The number of hydrogen-bond acceptors (Lipinski definition) is 5. The normalized spacial score (nSPS) is 20.5. The van der Waals surface area contributed by atoms with E-state index in [4.69, 9.17) is 9.84 Å². The molecule has 3 aromatic rings. The molecule has 1 amide bonds. The third-order valence-electron chi connectivity index (χ3n) is 6.23. The van der Waals surface area contributed by atoms with Gasteiger partial charge in [0.2, 0.25) is 0 Å². The molecular weight excluding hydrogens is 470 g/mol. The van der Waals surface area contributed by atoms with Crippen LogP contribution in [0, 0.1) is 17.6 Å². The molecule has 0 radical (unpaired) electrons. The van der Waals surface area contributed by atoms with Crippen LogP contribution in [0.4, 0.5) is 8.78 Å². The first-order valence-electron chi connectivity index (χ1n) is 11.3. The zero-order chi connectivity index (χ0) is 24.4. The summed E-state index contributed by atoms with van der Waals surface area (Å²) in [6.45, 7) is -0.449. The third kappa shape index (κ3) is 4.93. The van der Waals surface area contributed by atoms with Gasteiger partial charge in [0.15, 0.2) is 6.61 Å². The lowest BCUT2D eigenvalue weighted by Gasteiger charge is -2.29. The van der Waals surface area contributed by atoms with Crippen LogP contribution >= 0.6 is 11.3 Å². The SMILES string of the molecule is O=C(OCC(=O)N1N=C2/C(=C\c3ccc(F)cc3)CCC[C@H]2[C@@H]1c1ccc(F)cc1)c1cccs1. The van der Waals surface area contributed by atoms with Gasteiger partial charge in [-0.2, -0.15) is 5.10 Å². The van der Waals surface area contributed by atoms with Crippen LogP contribution in [0.5, 0.6) is 0 Å². The van der Waals surface area contributed by atoms with E-state index >= 15 is 0 Å². The van der Waals surface area contributed by atoms with E-state index in [-0.39, 0.29) is 17.6 Å². The number of hydrazone groups is 1. The Morgan fingerprint density at radius 3 is 2.46 bits per heavy atom. The summed E-state index contributed by atoms with van der Waals surface area (Å²) in [5.41, 5.74) is 3.37. The van der Waals surface area contributed by atoms with Gasteiger partial charge in [0.05, 0.1) is 11.8 Å². The molecule has 0 bridgehead atoms. The third-order valence-corrected chi connectivity index (χ3v) is 7.08. The van der Waals surface area contributed by atoms with Crippen LogP contribution in [-0.4, -0.2) is 29.2 Å². The number of thiophene rings is 1. The second kappa shape index (κ2) is 9.92. The monoisotopic (exact) mass is 492 g/mol. The Kier molecular flexibility index (Phi) is 6.55. The van der Waals surface area contributed by atoms with Crippen LogP contribution in [0.25, 0.3) is 6.08 Å². The van der Waals surface area contributed by atoms with E-state index in [1.807, 2.05) is 6.08 Å². The number of ether oxygens (including phenoxy) is 1. The molecule has 5 nitrogen and oxygen atoms in total. The predicted octanol–water partition coefficient (Wildman–Crippen LogP) is 6.01. The van der Waals surface area contributed by atoms with Crippen LogP contribution in [0.2, 0.25) is 0 Å². The van der Waals surface area contributed by atoms with Crippen molar-refractivity contribution in [2.75, 3.05) is 6.61 Å². The Bertz CT molecular complexity index is 1280. The zero-order valence-corrected chi connectivity index (χ0v) is 19.5. The van der Waals surface area contributed by atoms with Crippen LogP contribution < -0.4 is 0 Å². The number of fused-ring (bicyclic) bond motifs is 1. The lowest BCUT2D eigenvalue weighted by atomic mass is 9.77. The average Bonchev–Trinajstić information content (AvgIpc) is 3.53. The molecule has 1 fully saturated rings. The van der Waals surface area contributed by atoms with E-state index in [1.54, 1.807) is 41.8 Å². The first kappa shape index (κ1) is 23.1. The topological polar surface area (TPSA) is 59.0 Å². The van der Waals surface area contributed by atoms with Crippen molar-refractivity contribution in [3.63, 3.8) is 0 Å². The number of halogens is 2. The number of amides is 1. The molecule has 1 saturated carbocycles. The Morgan fingerprint density at radius 1 is 1.06 bits per heavy atom. The van der Waals surface area contributed by atoms with Gasteiger partial charge in [-0.15, -0.1) is 11.3 Å². The molecule has 0 spiro atoms. The number of carbonyl (C=O) groups is 2. The van der Waals surface area contributed by atoms with Crippen molar-refractivity contribution in [3.05, 3.63) is 99.3 Å². The van der Waals surface area contributed by atoms with Gasteiger partial charge >= 0.3 is 5.97 Å². The highest BCUT2D eigenvalue weighted by Crippen LogP contribution is 2.44. The Balaban J connectivity index is 1.45. The maximum absolute atomic E-state index is 13.6. The van der Waals surface area contributed by atoms with Crippen LogP contribution in [0.3, 0.4) is 0 Å². The lowest BCUT2D eigenvalue weighted by molar-refractivity contribution is -0.137. The quantitative estimate of drug-likeness (QED) is 0.410. The number of carbonyl (C=O) groups excluding carboxylic acids is 2. The summed E-state index contributed by atoms with van der Waals surface area (Å²) >= 11 is 1.24. The smallest absolute Gasteiger partial charge is 0.348 e. The Hall–Kier alpha value is -3.65. The van der Waals surface area contributed by atoms with Gasteiger partial charge in [-0.05, 0) is 77.8 Å². The van der Waals surface area contributed by atoms with E-state index in [0.29, 0.717) is 4.88 Å². The first-order chi connectivity index (χ1) is 17.0. The molecule has 5 rings (SSSR count). The van der Waals surface area contributed by atoms with E-state index in [1.165, 1.54) is 40.6 Å². The number of rotatable bonds is 5. The standard InChI is InChI=1S/C27H22F2N2O3S/c28-20-10-6-17(7-11-20)15-19-3-1-4-22-25(19)30-31(26(22)18-8-12-21(29)13-9-18)24(32)16-34-27(33)23-5-2-14-35-23/h2,5-15,22,26H,1,3-4,16H2/b19-15-/t22-,26+/m1/s1. The summed E-state index contributed by atoms with van der Waals surface area (Å²) in [4.78, 5) is 25.9. The lowest BCUT2D eigenvalue weighted by Crippen LogP contribution is -2.34. The van der Waals surface area contributed by atoms with Crippen molar-refractivity contribution >= 4 is 35.0 Å². The highest BCUT2D eigenvalue weighted by Gasteiger charge is 2.43. The van der Waals surface area contributed by atoms with Crippen LogP contribution in [-0.2, 0) is 9.53 Å². The fourth-order valence-corrected chi connectivity index (χ4v) is 5.24. The fourth-order valence-electron chi connectivity index (χ4n) is 4.62. The number of nitrogens with zero attached hydrogens (tertiary/aromatic N) is 2. The van der Waals surface area contributed by atoms with E-state index in [2.05, 4.69) is 0 Å². The molecule has 1 aliphatic heterocycles. The van der Waals surface area contributed by atoms with Gasteiger partial charge < -0.3 is 4.74 Å². The summed E-state index contributed by atoms with van der Waals surface area (Å²) in [7, 11) is 0. The Labute approximate surface area is 205 Å². The summed E-state index contributed by atoms with van der Waals surface area (Å²) in [6.07, 6.45) is 4.44. The molecule has 2 aliphatic rings. The molecule has 1 aromatic heterocycles. The average molecular weight is 493 g/mol. The molecule has 178 valence electrons. The molecule has 35 heavy (non-hydrogen) atoms. The maximum atomic E-state index is 13.6. The van der Waals surface area contributed by atoms with Gasteiger partial charge in [-0.25, -0.2) is 18.6 Å². The minimum Gasteiger partial charge on any atom is -0.451 e. The molecule has 2 aromatic carbocycles. The molecule has 0 N–H and O–H groups in total. The minimum atomic E-state index is -0.562.